The molecule has 3 amide bonds. The Hall–Kier alpha value is -1.35. The Morgan fingerprint density at radius 1 is 1.29 bits per heavy atom. The predicted octanol–water partition coefficient (Wildman–Crippen LogP) is 1.83. The molecule has 0 atom stereocenters. The van der Waals surface area contributed by atoms with Crippen molar-refractivity contribution in [2.45, 2.75) is 42.5 Å². The van der Waals surface area contributed by atoms with Crippen LogP contribution in [0.5, 0.6) is 0 Å². The maximum Gasteiger partial charge on any atom is 0.321 e. The van der Waals surface area contributed by atoms with Gasteiger partial charge in [0.15, 0.2) is 4.34 Å². The highest BCUT2D eigenvalue weighted by Gasteiger charge is 2.15. The van der Waals surface area contributed by atoms with E-state index in [4.69, 9.17) is 0 Å². The SMILES string of the molecule is CNC(=O)NC(=O)CSc1nnc(NC2CCCCC2)s1. The van der Waals surface area contributed by atoms with Crippen molar-refractivity contribution in [3.63, 3.8) is 0 Å². The summed E-state index contributed by atoms with van der Waals surface area (Å²) in [5.74, 6) is -0.206. The quantitative estimate of drug-likeness (QED) is 0.713. The van der Waals surface area contributed by atoms with E-state index in [1.54, 1.807) is 0 Å². The molecule has 0 bridgehead atoms. The lowest BCUT2D eigenvalue weighted by Gasteiger charge is -2.21. The Kier molecular flexibility index (Phi) is 6.24. The summed E-state index contributed by atoms with van der Waals surface area (Å²) >= 11 is 2.72. The van der Waals surface area contributed by atoms with Gasteiger partial charge in [-0.05, 0) is 12.8 Å². The Balaban J connectivity index is 1.74. The molecule has 0 radical (unpaired) electrons. The summed E-state index contributed by atoms with van der Waals surface area (Å²) in [6.45, 7) is 0. The van der Waals surface area contributed by atoms with Crippen LogP contribution in [-0.4, -0.2) is 41.0 Å². The Morgan fingerprint density at radius 2 is 2.05 bits per heavy atom. The van der Waals surface area contributed by atoms with Crippen LogP contribution in [-0.2, 0) is 4.79 Å². The van der Waals surface area contributed by atoms with Crippen LogP contribution in [0.1, 0.15) is 32.1 Å². The van der Waals surface area contributed by atoms with E-state index in [2.05, 4.69) is 26.1 Å². The molecule has 2 rings (SSSR count). The van der Waals surface area contributed by atoms with Crippen molar-refractivity contribution in [2.24, 2.45) is 0 Å². The first-order valence-electron chi connectivity index (χ1n) is 6.92. The number of carbonyl (C=O) groups is 2. The molecule has 1 fully saturated rings. The van der Waals surface area contributed by atoms with Crippen molar-refractivity contribution < 1.29 is 9.59 Å². The number of urea groups is 1. The van der Waals surface area contributed by atoms with Crippen LogP contribution in [0.2, 0.25) is 0 Å². The first kappa shape index (κ1) is 16.0. The van der Waals surface area contributed by atoms with E-state index in [-0.39, 0.29) is 11.7 Å². The fraction of sp³-hybridized carbons (Fsp3) is 0.667. The van der Waals surface area contributed by atoms with Crippen molar-refractivity contribution in [1.82, 2.24) is 20.8 Å². The highest BCUT2D eigenvalue weighted by Crippen LogP contribution is 2.28. The molecular weight excluding hydrogens is 310 g/mol. The molecule has 21 heavy (non-hydrogen) atoms. The van der Waals surface area contributed by atoms with E-state index >= 15 is 0 Å². The van der Waals surface area contributed by atoms with E-state index in [9.17, 15) is 9.59 Å². The normalized spacial score (nSPS) is 15.5. The summed E-state index contributed by atoms with van der Waals surface area (Å²) in [7, 11) is 1.46. The Labute approximate surface area is 131 Å². The number of nitrogens with zero attached hydrogens (tertiary/aromatic N) is 2. The lowest BCUT2D eigenvalue weighted by atomic mass is 9.96. The second-order valence-corrected chi connectivity index (χ2v) is 6.97. The zero-order chi connectivity index (χ0) is 15.1. The molecule has 1 aliphatic carbocycles. The van der Waals surface area contributed by atoms with Gasteiger partial charge in [0.25, 0.3) is 0 Å². The minimum Gasteiger partial charge on any atom is -0.357 e. The minimum atomic E-state index is -0.502. The number of hydrogen-bond acceptors (Lipinski definition) is 7. The molecule has 1 heterocycles. The number of nitrogens with one attached hydrogen (secondary N) is 3. The number of amides is 3. The van der Waals surface area contributed by atoms with Gasteiger partial charge in [-0.3, -0.25) is 10.1 Å². The highest BCUT2D eigenvalue weighted by atomic mass is 32.2. The first-order valence-corrected chi connectivity index (χ1v) is 8.72. The predicted molar refractivity (Wildman–Crippen MR) is 83.7 cm³/mol. The standard InChI is InChI=1S/C12H19N5O2S2/c1-13-10(19)15-9(18)7-20-12-17-16-11(21-12)14-8-5-3-2-4-6-8/h8H,2-7H2,1H3,(H,14,16)(H2,13,15,18,19). The first-order chi connectivity index (χ1) is 10.2. The molecule has 0 spiro atoms. The van der Waals surface area contributed by atoms with Crippen LogP contribution in [0.15, 0.2) is 4.34 Å². The van der Waals surface area contributed by atoms with Crippen molar-refractivity contribution in [2.75, 3.05) is 18.1 Å². The molecule has 1 aliphatic rings. The number of carbonyl (C=O) groups excluding carboxylic acids is 2. The number of aromatic nitrogens is 2. The van der Waals surface area contributed by atoms with E-state index in [1.165, 1.54) is 62.3 Å². The number of imide groups is 1. The topological polar surface area (TPSA) is 96.0 Å². The van der Waals surface area contributed by atoms with E-state index in [0.717, 1.165) is 9.47 Å². The van der Waals surface area contributed by atoms with E-state index in [0.29, 0.717) is 6.04 Å². The van der Waals surface area contributed by atoms with Crippen LogP contribution < -0.4 is 16.0 Å². The maximum absolute atomic E-state index is 11.5. The summed E-state index contributed by atoms with van der Waals surface area (Å²) in [6.07, 6.45) is 6.19. The fourth-order valence-electron chi connectivity index (χ4n) is 2.10. The van der Waals surface area contributed by atoms with Gasteiger partial charge in [0.2, 0.25) is 11.0 Å². The lowest BCUT2D eigenvalue weighted by Crippen LogP contribution is -2.38. The summed E-state index contributed by atoms with van der Waals surface area (Å²) in [5, 5.41) is 16.9. The monoisotopic (exact) mass is 329 g/mol. The average molecular weight is 329 g/mol. The molecule has 116 valence electrons. The molecule has 0 aromatic carbocycles. The second-order valence-electron chi connectivity index (χ2n) is 4.77. The summed E-state index contributed by atoms with van der Waals surface area (Å²) in [6, 6.07) is -0.0152. The molecule has 0 aliphatic heterocycles. The van der Waals surface area contributed by atoms with Crippen molar-refractivity contribution in [3.8, 4) is 0 Å². The molecule has 1 aromatic heterocycles. The fourth-order valence-corrected chi connectivity index (χ4v) is 3.73. The number of anilines is 1. The molecular formula is C12H19N5O2S2. The van der Waals surface area contributed by atoms with Crippen molar-refractivity contribution in [3.05, 3.63) is 0 Å². The number of rotatable bonds is 5. The van der Waals surface area contributed by atoms with Gasteiger partial charge in [-0.2, -0.15) is 0 Å². The van der Waals surface area contributed by atoms with Gasteiger partial charge in [0.05, 0.1) is 5.75 Å². The number of thioether (sulfide) groups is 1. The third-order valence-corrected chi connectivity index (χ3v) is 5.13. The largest absolute Gasteiger partial charge is 0.357 e. The summed E-state index contributed by atoms with van der Waals surface area (Å²) in [5.41, 5.74) is 0. The van der Waals surface area contributed by atoms with Crippen LogP contribution in [0.4, 0.5) is 9.93 Å². The molecule has 0 saturated heterocycles. The smallest absolute Gasteiger partial charge is 0.321 e. The van der Waals surface area contributed by atoms with Crippen LogP contribution in [0.3, 0.4) is 0 Å². The van der Waals surface area contributed by atoms with Gasteiger partial charge < -0.3 is 10.6 Å². The van der Waals surface area contributed by atoms with Gasteiger partial charge in [-0.1, -0.05) is 42.4 Å². The minimum absolute atomic E-state index is 0.144. The van der Waals surface area contributed by atoms with Crippen LogP contribution in [0, 0.1) is 0 Å². The number of hydrogen-bond donors (Lipinski definition) is 3. The molecule has 1 saturated carbocycles. The van der Waals surface area contributed by atoms with Crippen LogP contribution >= 0.6 is 23.1 Å². The third-order valence-electron chi connectivity index (χ3n) is 3.15. The van der Waals surface area contributed by atoms with Crippen LogP contribution in [0.25, 0.3) is 0 Å². The summed E-state index contributed by atoms with van der Waals surface area (Å²) in [4.78, 5) is 22.4. The van der Waals surface area contributed by atoms with Gasteiger partial charge in [0.1, 0.15) is 0 Å². The average Bonchev–Trinajstić information content (AvgIpc) is 2.93. The van der Waals surface area contributed by atoms with Crippen molar-refractivity contribution in [1.29, 1.82) is 0 Å². The lowest BCUT2D eigenvalue weighted by molar-refractivity contribution is -0.117. The zero-order valence-corrected chi connectivity index (χ0v) is 13.5. The Bertz CT molecular complexity index is 488. The molecule has 7 nitrogen and oxygen atoms in total. The summed E-state index contributed by atoms with van der Waals surface area (Å²) < 4.78 is 0.723. The third kappa shape index (κ3) is 5.50. The molecule has 0 unspecified atom stereocenters. The zero-order valence-electron chi connectivity index (χ0n) is 11.8. The molecule has 9 heteroatoms. The van der Waals surface area contributed by atoms with Crippen molar-refractivity contribution >= 4 is 40.2 Å². The Morgan fingerprint density at radius 3 is 2.76 bits per heavy atom. The molecule has 3 N–H and O–H groups in total. The van der Waals surface area contributed by atoms with E-state index < -0.39 is 6.03 Å². The van der Waals surface area contributed by atoms with Gasteiger partial charge in [-0.25, -0.2) is 4.79 Å². The maximum atomic E-state index is 11.5. The van der Waals surface area contributed by atoms with Gasteiger partial charge >= 0.3 is 6.03 Å². The van der Waals surface area contributed by atoms with Gasteiger partial charge in [-0.15, -0.1) is 10.2 Å². The van der Waals surface area contributed by atoms with Gasteiger partial charge in [0, 0.05) is 13.1 Å². The van der Waals surface area contributed by atoms with E-state index in [1.807, 2.05) is 0 Å². The second kappa shape index (κ2) is 8.18. The molecule has 1 aromatic rings. The highest BCUT2D eigenvalue weighted by molar-refractivity contribution is 8.01.